The zero-order chi connectivity index (χ0) is 18.1. The van der Waals surface area contributed by atoms with Gasteiger partial charge < -0.3 is 15.1 Å². The Morgan fingerprint density at radius 3 is 2.38 bits per heavy atom. The fourth-order valence-corrected chi connectivity index (χ4v) is 3.30. The number of hydrogen-bond acceptors (Lipinski definition) is 4. The normalized spacial score (nSPS) is 13.9. The number of phenolic OH excluding ortho intramolecular Hbond substituents is 1. The number of carboxylic acid groups (broad SMARTS) is 1. The number of aromatic amines is 1. The molecule has 3 aromatic rings. The Kier molecular flexibility index (Phi) is 4.08. The van der Waals surface area contributed by atoms with Crippen LogP contribution in [0.15, 0.2) is 48.5 Å². The quantitative estimate of drug-likeness (QED) is 0.667. The number of benzene rings is 2. The Balaban J connectivity index is 1.63. The summed E-state index contributed by atoms with van der Waals surface area (Å²) in [6, 6.07) is 14.1. The van der Waals surface area contributed by atoms with E-state index < -0.39 is 5.97 Å². The van der Waals surface area contributed by atoms with E-state index in [0.717, 1.165) is 54.1 Å². The summed E-state index contributed by atoms with van der Waals surface area (Å²) >= 11 is 0. The number of nitrogens with one attached hydrogen (secondary N) is 1. The van der Waals surface area contributed by atoms with Crippen molar-refractivity contribution in [3.05, 3.63) is 54.1 Å². The highest BCUT2D eigenvalue weighted by atomic mass is 16.4. The molecular formula is C20H19N3O3. The molecule has 0 unspecified atom stereocenters. The summed E-state index contributed by atoms with van der Waals surface area (Å²) in [6.07, 6.45) is 2.28. The Morgan fingerprint density at radius 2 is 1.69 bits per heavy atom. The standard InChI is InChI=1S/C20H19N3O3/c24-19-8-7-15(11-18(19)23-9-1-2-10-23)17-12-16(21-22-17)13-3-5-14(6-4-13)20(25)26/h3-8,11-12,24H,1-2,9-10H2,(H,21,22)(H,25,26). The van der Waals surface area contributed by atoms with E-state index >= 15 is 0 Å². The van der Waals surface area contributed by atoms with Crippen LogP contribution in [0.2, 0.25) is 0 Å². The Morgan fingerprint density at radius 1 is 1.00 bits per heavy atom. The summed E-state index contributed by atoms with van der Waals surface area (Å²) in [5.41, 5.74) is 4.48. The number of aromatic nitrogens is 2. The van der Waals surface area contributed by atoms with Crippen molar-refractivity contribution in [2.75, 3.05) is 18.0 Å². The minimum absolute atomic E-state index is 0.252. The van der Waals surface area contributed by atoms with Crippen LogP contribution in [0.3, 0.4) is 0 Å². The van der Waals surface area contributed by atoms with Crippen LogP contribution in [-0.2, 0) is 0 Å². The van der Waals surface area contributed by atoms with Gasteiger partial charge in [0.15, 0.2) is 0 Å². The van der Waals surface area contributed by atoms with Crippen LogP contribution in [0.5, 0.6) is 5.75 Å². The maximum atomic E-state index is 11.0. The molecule has 3 N–H and O–H groups in total. The number of nitrogens with zero attached hydrogens (tertiary/aromatic N) is 2. The Bertz CT molecular complexity index is 941. The third-order valence-corrected chi connectivity index (χ3v) is 4.74. The predicted octanol–water partition coefficient (Wildman–Crippen LogP) is 3.75. The molecule has 1 saturated heterocycles. The van der Waals surface area contributed by atoms with Crippen LogP contribution in [-0.4, -0.2) is 39.5 Å². The van der Waals surface area contributed by atoms with E-state index in [4.69, 9.17) is 5.11 Å². The molecule has 26 heavy (non-hydrogen) atoms. The minimum Gasteiger partial charge on any atom is -0.506 e. The van der Waals surface area contributed by atoms with Crippen LogP contribution in [0.25, 0.3) is 22.5 Å². The fourth-order valence-electron chi connectivity index (χ4n) is 3.30. The number of carbonyl (C=O) groups is 1. The highest BCUT2D eigenvalue weighted by Gasteiger charge is 2.17. The third-order valence-electron chi connectivity index (χ3n) is 4.74. The summed E-state index contributed by atoms with van der Waals surface area (Å²) in [6.45, 7) is 1.91. The molecule has 1 aliphatic rings. The second-order valence-corrected chi connectivity index (χ2v) is 6.45. The van der Waals surface area contributed by atoms with Crippen LogP contribution in [0.1, 0.15) is 23.2 Å². The van der Waals surface area contributed by atoms with Crippen molar-refractivity contribution in [2.45, 2.75) is 12.8 Å². The zero-order valence-corrected chi connectivity index (χ0v) is 14.1. The molecule has 1 aromatic heterocycles. The van der Waals surface area contributed by atoms with Gasteiger partial charge in [-0.3, -0.25) is 5.10 Å². The van der Waals surface area contributed by atoms with Gasteiger partial charge in [-0.2, -0.15) is 5.10 Å². The molecule has 6 nitrogen and oxygen atoms in total. The summed E-state index contributed by atoms with van der Waals surface area (Å²) in [4.78, 5) is 13.2. The van der Waals surface area contributed by atoms with Gasteiger partial charge in [0.05, 0.1) is 22.6 Å². The Hall–Kier alpha value is -3.28. The summed E-state index contributed by atoms with van der Waals surface area (Å²) < 4.78 is 0. The lowest BCUT2D eigenvalue weighted by molar-refractivity contribution is 0.0697. The van der Waals surface area contributed by atoms with Gasteiger partial charge in [0.1, 0.15) is 5.75 Å². The molecule has 2 aromatic carbocycles. The molecule has 132 valence electrons. The summed E-state index contributed by atoms with van der Waals surface area (Å²) in [5, 5.41) is 26.5. The van der Waals surface area contributed by atoms with Crippen LogP contribution in [0.4, 0.5) is 5.69 Å². The van der Waals surface area contributed by atoms with E-state index in [-0.39, 0.29) is 11.3 Å². The topological polar surface area (TPSA) is 89.4 Å². The number of phenols is 1. The fraction of sp³-hybridized carbons (Fsp3) is 0.200. The molecule has 0 aliphatic carbocycles. The third kappa shape index (κ3) is 3.01. The lowest BCUT2D eigenvalue weighted by Gasteiger charge is -2.19. The monoisotopic (exact) mass is 349 g/mol. The number of anilines is 1. The molecule has 0 amide bonds. The first-order valence-corrected chi connectivity index (χ1v) is 8.59. The second-order valence-electron chi connectivity index (χ2n) is 6.45. The van der Waals surface area contributed by atoms with Gasteiger partial charge in [-0.1, -0.05) is 12.1 Å². The molecule has 1 fully saturated rings. The van der Waals surface area contributed by atoms with Crippen molar-refractivity contribution in [1.29, 1.82) is 0 Å². The molecule has 6 heteroatoms. The van der Waals surface area contributed by atoms with Crippen molar-refractivity contribution in [1.82, 2.24) is 10.2 Å². The van der Waals surface area contributed by atoms with Gasteiger partial charge in [-0.05, 0) is 54.8 Å². The first-order chi connectivity index (χ1) is 12.6. The highest BCUT2D eigenvalue weighted by molar-refractivity contribution is 5.88. The molecule has 0 radical (unpaired) electrons. The number of aromatic carboxylic acids is 1. The van der Waals surface area contributed by atoms with Crippen molar-refractivity contribution in [2.24, 2.45) is 0 Å². The van der Waals surface area contributed by atoms with Gasteiger partial charge in [0.2, 0.25) is 0 Å². The molecule has 0 saturated carbocycles. The summed E-state index contributed by atoms with van der Waals surface area (Å²) in [5.74, 6) is -0.656. The van der Waals surface area contributed by atoms with Gasteiger partial charge in [-0.25, -0.2) is 4.79 Å². The first-order valence-electron chi connectivity index (χ1n) is 8.59. The van der Waals surface area contributed by atoms with Gasteiger partial charge in [0.25, 0.3) is 0 Å². The molecule has 1 aliphatic heterocycles. The van der Waals surface area contributed by atoms with Crippen LogP contribution < -0.4 is 4.90 Å². The van der Waals surface area contributed by atoms with E-state index in [2.05, 4.69) is 15.1 Å². The zero-order valence-electron chi connectivity index (χ0n) is 14.1. The van der Waals surface area contributed by atoms with Crippen molar-refractivity contribution in [3.8, 4) is 28.3 Å². The van der Waals surface area contributed by atoms with E-state index in [1.54, 1.807) is 30.3 Å². The van der Waals surface area contributed by atoms with Crippen molar-refractivity contribution >= 4 is 11.7 Å². The first kappa shape index (κ1) is 16.2. The molecule has 0 atom stereocenters. The predicted molar refractivity (Wildman–Crippen MR) is 99.5 cm³/mol. The second kappa shape index (κ2) is 6.55. The molecular weight excluding hydrogens is 330 g/mol. The van der Waals surface area contributed by atoms with Crippen molar-refractivity contribution in [3.63, 3.8) is 0 Å². The molecule has 0 spiro atoms. The smallest absolute Gasteiger partial charge is 0.335 e. The molecule has 4 rings (SSSR count). The largest absolute Gasteiger partial charge is 0.506 e. The lowest BCUT2D eigenvalue weighted by Crippen LogP contribution is -2.17. The number of rotatable bonds is 4. The number of hydrogen-bond donors (Lipinski definition) is 3. The number of H-pyrrole nitrogens is 1. The maximum absolute atomic E-state index is 11.0. The van der Waals surface area contributed by atoms with E-state index in [0.29, 0.717) is 0 Å². The number of aromatic hydroxyl groups is 1. The maximum Gasteiger partial charge on any atom is 0.335 e. The number of carboxylic acids is 1. The van der Waals surface area contributed by atoms with Crippen LogP contribution >= 0.6 is 0 Å². The van der Waals surface area contributed by atoms with E-state index in [1.807, 2.05) is 18.2 Å². The van der Waals surface area contributed by atoms with Gasteiger partial charge >= 0.3 is 5.97 Å². The highest BCUT2D eigenvalue weighted by Crippen LogP contribution is 2.34. The minimum atomic E-state index is -0.944. The molecule has 2 heterocycles. The van der Waals surface area contributed by atoms with Gasteiger partial charge in [-0.15, -0.1) is 0 Å². The van der Waals surface area contributed by atoms with Crippen LogP contribution in [0, 0.1) is 0 Å². The van der Waals surface area contributed by atoms with E-state index in [1.165, 1.54) is 0 Å². The SMILES string of the molecule is O=C(O)c1ccc(-c2cc(-c3ccc(O)c(N4CCCC4)c3)n[nH]2)cc1. The molecule has 0 bridgehead atoms. The lowest BCUT2D eigenvalue weighted by atomic mass is 10.1. The Labute approximate surface area is 150 Å². The van der Waals surface area contributed by atoms with Crippen molar-refractivity contribution < 1.29 is 15.0 Å². The average Bonchev–Trinajstić information content (AvgIpc) is 3.34. The van der Waals surface area contributed by atoms with Gasteiger partial charge in [0, 0.05) is 18.7 Å². The summed E-state index contributed by atoms with van der Waals surface area (Å²) in [7, 11) is 0. The van der Waals surface area contributed by atoms with E-state index in [9.17, 15) is 9.90 Å². The average molecular weight is 349 g/mol.